The first kappa shape index (κ1) is 10.1. The Bertz CT molecular complexity index is 152. The average molecular weight is 166 g/mol. The van der Waals surface area contributed by atoms with E-state index in [0.29, 0.717) is 5.96 Å². The van der Waals surface area contributed by atoms with Gasteiger partial charge in [-0.1, -0.05) is 0 Å². The number of hydrogen-bond acceptors (Lipinski definition) is 0. The minimum absolute atomic E-state index is 0.329. The lowest BCUT2D eigenvalue weighted by Gasteiger charge is -2.12. The SMILES string of the molecule is CN(CC(F)F)C(N)=[N+](C)C. The Morgan fingerprint density at radius 3 is 2.27 bits per heavy atom. The van der Waals surface area contributed by atoms with Crippen LogP contribution >= 0.6 is 0 Å². The summed E-state index contributed by atoms with van der Waals surface area (Å²) in [5.74, 6) is 0.338. The smallest absolute Gasteiger partial charge is 0.291 e. The van der Waals surface area contributed by atoms with Crippen molar-refractivity contribution in [3.05, 3.63) is 0 Å². The quantitative estimate of drug-likeness (QED) is 0.349. The third-order valence-corrected chi connectivity index (χ3v) is 1.26. The zero-order valence-corrected chi connectivity index (χ0v) is 7.01. The van der Waals surface area contributed by atoms with Crippen LogP contribution in [0.3, 0.4) is 0 Å². The van der Waals surface area contributed by atoms with E-state index < -0.39 is 6.43 Å². The number of hydrogen-bond donors (Lipinski definition) is 1. The Kier molecular flexibility index (Phi) is 3.78. The van der Waals surface area contributed by atoms with E-state index in [-0.39, 0.29) is 6.54 Å². The summed E-state index contributed by atoms with van der Waals surface area (Å²) in [5, 5.41) is 0. The van der Waals surface area contributed by atoms with Gasteiger partial charge in [-0.15, -0.1) is 0 Å². The predicted octanol–water partition coefficient (Wildman–Crippen LogP) is -0.230. The zero-order valence-electron chi connectivity index (χ0n) is 7.01. The molecule has 2 N–H and O–H groups in total. The van der Waals surface area contributed by atoms with E-state index in [1.54, 1.807) is 18.7 Å². The molecule has 0 radical (unpaired) electrons. The highest BCUT2D eigenvalue weighted by Crippen LogP contribution is 1.94. The Balaban J connectivity index is 4.04. The van der Waals surface area contributed by atoms with Gasteiger partial charge in [-0.25, -0.2) is 8.78 Å². The second kappa shape index (κ2) is 4.10. The topological polar surface area (TPSA) is 32.3 Å². The predicted molar refractivity (Wildman–Crippen MR) is 39.9 cm³/mol. The summed E-state index contributed by atoms with van der Waals surface area (Å²) in [4.78, 5) is 1.31. The van der Waals surface area contributed by atoms with Crippen LogP contribution in [0, 0.1) is 0 Å². The van der Waals surface area contributed by atoms with Crippen LogP contribution in [-0.2, 0) is 0 Å². The third-order valence-electron chi connectivity index (χ3n) is 1.26. The molecule has 0 bridgehead atoms. The molecule has 0 aliphatic heterocycles. The summed E-state index contributed by atoms with van der Waals surface area (Å²) in [5.41, 5.74) is 5.44. The number of alkyl halides is 2. The summed E-state index contributed by atoms with van der Waals surface area (Å²) >= 11 is 0. The number of halogens is 2. The lowest BCUT2D eigenvalue weighted by atomic mass is 10.6. The second-order valence-corrected chi connectivity index (χ2v) is 2.52. The van der Waals surface area contributed by atoms with Gasteiger partial charge in [0.15, 0.2) is 0 Å². The molecular weight excluding hydrogens is 152 g/mol. The molecule has 66 valence electrons. The van der Waals surface area contributed by atoms with Crippen molar-refractivity contribution in [2.24, 2.45) is 5.73 Å². The molecule has 3 nitrogen and oxygen atoms in total. The number of rotatable bonds is 2. The van der Waals surface area contributed by atoms with Gasteiger partial charge in [0.25, 0.3) is 6.43 Å². The minimum Gasteiger partial charge on any atom is -0.291 e. The molecule has 5 heteroatoms. The van der Waals surface area contributed by atoms with E-state index in [9.17, 15) is 8.78 Å². The van der Waals surface area contributed by atoms with Gasteiger partial charge in [-0.3, -0.25) is 15.2 Å². The molecule has 0 saturated carbocycles. The molecule has 0 amide bonds. The Labute approximate surface area is 65.1 Å². The van der Waals surface area contributed by atoms with E-state index in [1.807, 2.05) is 0 Å². The fourth-order valence-corrected chi connectivity index (χ4v) is 0.642. The van der Waals surface area contributed by atoms with Crippen molar-refractivity contribution >= 4 is 5.96 Å². The minimum atomic E-state index is -2.35. The van der Waals surface area contributed by atoms with Gasteiger partial charge in [0.2, 0.25) is 0 Å². The van der Waals surface area contributed by atoms with Crippen molar-refractivity contribution in [1.29, 1.82) is 0 Å². The first-order valence-corrected chi connectivity index (χ1v) is 3.24. The van der Waals surface area contributed by atoms with Gasteiger partial charge in [0.1, 0.15) is 6.54 Å². The lowest BCUT2D eigenvalue weighted by molar-refractivity contribution is -0.471. The highest BCUT2D eigenvalue weighted by atomic mass is 19.3. The van der Waals surface area contributed by atoms with Crippen molar-refractivity contribution in [3.63, 3.8) is 0 Å². The molecule has 0 atom stereocenters. The maximum Gasteiger partial charge on any atom is 0.345 e. The molecule has 0 unspecified atom stereocenters. The normalized spacial score (nSPS) is 10.0. The van der Waals surface area contributed by atoms with Gasteiger partial charge in [0, 0.05) is 0 Å². The Morgan fingerprint density at radius 1 is 1.55 bits per heavy atom. The van der Waals surface area contributed by atoms with Crippen molar-refractivity contribution in [1.82, 2.24) is 4.90 Å². The Morgan fingerprint density at radius 2 is 2.00 bits per heavy atom. The van der Waals surface area contributed by atoms with Crippen LogP contribution in [0.15, 0.2) is 0 Å². The first-order chi connectivity index (χ1) is 4.95. The van der Waals surface area contributed by atoms with Crippen molar-refractivity contribution in [2.45, 2.75) is 6.43 Å². The van der Waals surface area contributed by atoms with Gasteiger partial charge in [-0.2, -0.15) is 0 Å². The van der Waals surface area contributed by atoms with Crippen LogP contribution in [0.1, 0.15) is 0 Å². The summed E-state index contributed by atoms with van der Waals surface area (Å²) in [6.07, 6.45) is -2.35. The van der Waals surface area contributed by atoms with E-state index in [0.717, 1.165) is 0 Å². The molecule has 0 aromatic carbocycles. The number of nitrogens with two attached hydrogens (primary N) is 1. The molecule has 0 aromatic rings. The first-order valence-electron chi connectivity index (χ1n) is 3.24. The van der Waals surface area contributed by atoms with Gasteiger partial charge >= 0.3 is 5.96 Å². The second-order valence-electron chi connectivity index (χ2n) is 2.52. The van der Waals surface area contributed by atoms with E-state index in [2.05, 4.69) is 0 Å². The monoisotopic (exact) mass is 166 g/mol. The zero-order chi connectivity index (χ0) is 9.02. The molecule has 0 saturated heterocycles. The molecule has 0 aliphatic carbocycles. The number of guanidine groups is 1. The lowest BCUT2D eigenvalue weighted by Crippen LogP contribution is -2.42. The summed E-state index contributed by atoms with van der Waals surface area (Å²) in [6, 6.07) is 0. The van der Waals surface area contributed by atoms with Crippen LogP contribution in [0.2, 0.25) is 0 Å². The Hall–Kier alpha value is -0.870. The van der Waals surface area contributed by atoms with Crippen LogP contribution in [0.25, 0.3) is 0 Å². The van der Waals surface area contributed by atoms with Crippen molar-refractivity contribution < 1.29 is 13.4 Å². The van der Waals surface area contributed by atoms with E-state index in [1.165, 1.54) is 11.9 Å². The highest BCUT2D eigenvalue weighted by Gasteiger charge is 2.15. The van der Waals surface area contributed by atoms with E-state index in [4.69, 9.17) is 5.73 Å². The van der Waals surface area contributed by atoms with Gasteiger partial charge in [-0.05, 0) is 0 Å². The summed E-state index contributed by atoms with van der Waals surface area (Å²) in [7, 11) is 4.94. The summed E-state index contributed by atoms with van der Waals surface area (Å²) < 4.78 is 25.1. The van der Waals surface area contributed by atoms with Crippen LogP contribution in [0.4, 0.5) is 8.78 Å². The molecule has 11 heavy (non-hydrogen) atoms. The fourth-order valence-electron chi connectivity index (χ4n) is 0.642. The third kappa shape index (κ3) is 3.75. The van der Waals surface area contributed by atoms with Gasteiger partial charge in [0.05, 0.1) is 21.1 Å². The van der Waals surface area contributed by atoms with Crippen LogP contribution in [-0.4, -0.2) is 49.5 Å². The summed E-state index contributed by atoms with van der Waals surface area (Å²) in [6.45, 7) is -0.329. The standard InChI is InChI=1S/C6H13F2N3/c1-10(2)6(9)11(3)4-5(7)8/h5,9H,4H2,1-3H3/p+1. The number of nitrogens with zero attached hydrogens (tertiary/aromatic N) is 2. The average Bonchev–Trinajstić information content (AvgIpc) is 1.84. The molecule has 0 fully saturated rings. The van der Waals surface area contributed by atoms with E-state index >= 15 is 0 Å². The molecule has 0 spiro atoms. The molecular formula is C6H14F2N3+. The molecule has 0 heterocycles. The molecule has 0 aromatic heterocycles. The molecule has 0 aliphatic rings. The highest BCUT2D eigenvalue weighted by molar-refractivity contribution is 5.72. The van der Waals surface area contributed by atoms with Crippen LogP contribution < -0.4 is 5.73 Å². The largest absolute Gasteiger partial charge is 0.345 e. The fraction of sp³-hybridized carbons (Fsp3) is 0.833. The van der Waals surface area contributed by atoms with Crippen molar-refractivity contribution in [3.8, 4) is 0 Å². The van der Waals surface area contributed by atoms with Gasteiger partial charge < -0.3 is 0 Å². The maximum absolute atomic E-state index is 11.8. The van der Waals surface area contributed by atoms with Crippen molar-refractivity contribution in [2.75, 3.05) is 27.7 Å². The molecule has 0 rings (SSSR count). The maximum atomic E-state index is 11.8. The van der Waals surface area contributed by atoms with Crippen LogP contribution in [0.5, 0.6) is 0 Å².